The number of nitrogens with zero attached hydrogens (tertiary/aromatic N) is 1. The van der Waals surface area contributed by atoms with Gasteiger partial charge >= 0.3 is 0 Å². The number of nitrogen functional groups attached to an aromatic ring is 1. The van der Waals surface area contributed by atoms with Crippen molar-refractivity contribution in [3.63, 3.8) is 0 Å². The highest BCUT2D eigenvalue weighted by Crippen LogP contribution is 2.38. The van der Waals surface area contributed by atoms with Crippen LogP contribution in [0.25, 0.3) is 11.1 Å². The van der Waals surface area contributed by atoms with Crippen molar-refractivity contribution in [2.24, 2.45) is 18.7 Å². The molecule has 1 saturated carbocycles. The fourth-order valence-electron chi connectivity index (χ4n) is 2.53. The van der Waals surface area contributed by atoms with Gasteiger partial charge in [-0.05, 0) is 37.0 Å². The molecule has 5 nitrogen and oxygen atoms in total. The van der Waals surface area contributed by atoms with E-state index in [4.69, 9.17) is 16.2 Å². The van der Waals surface area contributed by atoms with E-state index in [2.05, 4.69) is 0 Å². The number of ether oxygens (including phenoxy) is 1. The second-order valence-corrected chi connectivity index (χ2v) is 5.83. The SMILES string of the molecule is Cn1cc(-c2c(OCC3CC3)ccc(N)c2CN)ccc1=O. The maximum atomic E-state index is 11.6. The minimum Gasteiger partial charge on any atom is -0.493 e. The molecule has 0 bridgehead atoms. The first-order valence-electron chi connectivity index (χ1n) is 7.51. The monoisotopic (exact) mass is 299 g/mol. The van der Waals surface area contributed by atoms with Gasteiger partial charge in [-0.2, -0.15) is 0 Å². The molecule has 0 radical (unpaired) electrons. The predicted molar refractivity (Wildman–Crippen MR) is 87.6 cm³/mol. The number of aromatic nitrogens is 1. The number of rotatable bonds is 5. The van der Waals surface area contributed by atoms with E-state index in [0.717, 1.165) is 22.4 Å². The Morgan fingerprint density at radius 2 is 2.05 bits per heavy atom. The molecule has 4 N–H and O–H groups in total. The van der Waals surface area contributed by atoms with Crippen LogP contribution < -0.4 is 21.8 Å². The molecule has 22 heavy (non-hydrogen) atoms. The number of benzene rings is 1. The number of hydrogen-bond acceptors (Lipinski definition) is 4. The lowest BCUT2D eigenvalue weighted by atomic mass is 9.98. The Bertz CT molecular complexity index is 748. The quantitative estimate of drug-likeness (QED) is 0.826. The third-order valence-corrected chi connectivity index (χ3v) is 4.06. The molecule has 1 aromatic carbocycles. The van der Waals surface area contributed by atoms with E-state index in [1.807, 2.05) is 12.1 Å². The second kappa shape index (κ2) is 5.85. The summed E-state index contributed by atoms with van der Waals surface area (Å²) in [6.07, 6.45) is 4.25. The lowest BCUT2D eigenvalue weighted by Crippen LogP contribution is -2.15. The molecule has 0 atom stereocenters. The first-order chi connectivity index (χ1) is 10.6. The average Bonchev–Trinajstić information content (AvgIpc) is 3.33. The van der Waals surface area contributed by atoms with Crippen LogP contribution in [0.2, 0.25) is 0 Å². The smallest absolute Gasteiger partial charge is 0.250 e. The Morgan fingerprint density at radius 3 is 2.68 bits per heavy atom. The van der Waals surface area contributed by atoms with Gasteiger partial charge in [-0.1, -0.05) is 0 Å². The summed E-state index contributed by atoms with van der Waals surface area (Å²) in [4.78, 5) is 11.6. The molecule has 116 valence electrons. The van der Waals surface area contributed by atoms with Crippen LogP contribution in [0.15, 0.2) is 35.3 Å². The Balaban J connectivity index is 2.09. The molecule has 1 aliphatic rings. The molecule has 1 heterocycles. The van der Waals surface area contributed by atoms with Gasteiger partial charge in [0, 0.05) is 48.2 Å². The van der Waals surface area contributed by atoms with E-state index in [9.17, 15) is 4.79 Å². The molecule has 0 aliphatic heterocycles. The van der Waals surface area contributed by atoms with Gasteiger partial charge in [0.2, 0.25) is 5.56 Å². The molecule has 0 saturated heterocycles. The zero-order valence-corrected chi connectivity index (χ0v) is 12.7. The van der Waals surface area contributed by atoms with Crippen LogP contribution in [0.5, 0.6) is 5.75 Å². The summed E-state index contributed by atoms with van der Waals surface area (Å²) in [7, 11) is 1.73. The normalized spacial score (nSPS) is 14.1. The van der Waals surface area contributed by atoms with Crippen molar-refractivity contribution in [2.45, 2.75) is 19.4 Å². The standard InChI is InChI=1S/C17H21N3O2/c1-20-9-12(4-7-16(20)21)17-13(8-18)14(19)5-6-15(17)22-10-11-2-3-11/h4-7,9,11H,2-3,8,10,18-19H2,1H3. The molecular formula is C17H21N3O2. The number of aryl methyl sites for hydroxylation is 1. The van der Waals surface area contributed by atoms with Gasteiger partial charge in [-0.15, -0.1) is 0 Å². The first kappa shape index (κ1) is 14.7. The largest absolute Gasteiger partial charge is 0.493 e. The van der Waals surface area contributed by atoms with Crippen LogP contribution in [0, 0.1) is 5.92 Å². The van der Waals surface area contributed by atoms with Crippen molar-refractivity contribution in [2.75, 3.05) is 12.3 Å². The van der Waals surface area contributed by atoms with Crippen molar-refractivity contribution >= 4 is 5.69 Å². The van der Waals surface area contributed by atoms with E-state index in [1.54, 1.807) is 29.9 Å². The number of anilines is 1. The number of pyridine rings is 1. The van der Waals surface area contributed by atoms with Gasteiger partial charge in [0.05, 0.1) is 6.61 Å². The Morgan fingerprint density at radius 1 is 1.27 bits per heavy atom. The molecule has 0 unspecified atom stereocenters. The third-order valence-electron chi connectivity index (χ3n) is 4.06. The van der Waals surface area contributed by atoms with Crippen LogP contribution in [0.4, 0.5) is 5.69 Å². The molecule has 0 spiro atoms. The third kappa shape index (κ3) is 2.85. The van der Waals surface area contributed by atoms with Crippen LogP contribution in [-0.2, 0) is 13.6 Å². The van der Waals surface area contributed by atoms with Crippen molar-refractivity contribution < 1.29 is 4.74 Å². The summed E-state index contributed by atoms with van der Waals surface area (Å²) in [5.41, 5.74) is 15.2. The molecule has 0 amide bonds. The number of hydrogen-bond donors (Lipinski definition) is 2. The summed E-state index contributed by atoms with van der Waals surface area (Å²) in [6, 6.07) is 7.05. The van der Waals surface area contributed by atoms with Crippen LogP contribution in [0.1, 0.15) is 18.4 Å². The number of nitrogens with two attached hydrogens (primary N) is 2. The lowest BCUT2D eigenvalue weighted by Gasteiger charge is -2.17. The van der Waals surface area contributed by atoms with Crippen LogP contribution >= 0.6 is 0 Å². The summed E-state index contributed by atoms with van der Waals surface area (Å²) >= 11 is 0. The van der Waals surface area contributed by atoms with Gasteiger partial charge in [0.15, 0.2) is 0 Å². The Kier molecular flexibility index (Phi) is 3.90. The lowest BCUT2D eigenvalue weighted by molar-refractivity contribution is 0.301. The highest BCUT2D eigenvalue weighted by Gasteiger charge is 2.23. The van der Waals surface area contributed by atoms with E-state index in [-0.39, 0.29) is 5.56 Å². The summed E-state index contributed by atoms with van der Waals surface area (Å²) < 4.78 is 7.53. The molecule has 1 aliphatic carbocycles. The maximum absolute atomic E-state index is 11.6. The van der Waals surface area contributed by atoms with E-state index in [1.165, 1.54) is 12.8 Å². The summed E-state index contributed by atoms with van der Waals surface area (Å²) in [6.45, 7) is 1.04. The molecule has 1 fully saturated rings. The zero-order chi connectivity index (χ0) is 15.7. The maximum Gasteiger partial charge on any atom is 0.250 e. The van der Waals surface area contributed by atoms with Gasteiger partial charge < -0.3 is 20.8 Å². The summed E-state index contributed by atoms with van der Waals surface area (Å²) in [5, 5.41) is 0. The van der Waals surface area contributed by atoms with Gasteiger partial charge in [-0.3, -0.25) is 4.79 Å². The van der Waals surface area contributed by atoms with Gasteiger partial charge in [0.25, 0.3) is 0 Å². The second-order valence-electron chi connectivity index (χ2n) is 5.83. The van der Waals surface area contributed by atoms with E-state index >= 15 is 0 Å². The van der Waals surface area contributed by atoms with Crippen molar-refractivity contribution in [1.82, 2.24) is 4.57 Å². The average molecular weight is 299 g/mol. The van der Waals surface area contributed by atoms with Crippen LogP contribution in [-0.4, -0.2) is 11.2 Å². The Labute approximate surface area is 129 Å². The minimum atomic E-state index is -0.0533. The molecule has 2 aromatic rings. The Hall–Kier alpha value is -2.27. The van der Waals surface area contributed by atoms with Crippen molar-refractivity contribution in [3.8, 4) is 16.9 Å². The molecule has 3 rings (SSSR count). The molecule has 1 aromatic heterocycles. The highest BCUT2D eigenvalue weighted by atomic mass is 16.5. The first-order valence-corrected chi connectivity index (χ1v) is 7.51. The highest BCUT2D eigenvalue weighted by molar-refractivity contribution is 5.78. The van der Waals surface area contributed by atoms with E-state index in [0.29, 0.717) is 24.8 Å². The zero-order valence-electron chi connectivity index (χ0n) is 12.7. The van der Waals surface area contributed by atoms with E-state index < -0.39 is 0 Å². The fraction of sp³-hybridized carbons (Fsp3) is 0.353. The van der Waals surface area contributed by atoms with Crippen molar-refractivity contribution in [1.29, 1.82) is 0 Å². The van der Waals surface area contributed by atoms with Crippen LogP contribution in [0.3, 0.4) is 0 Å². The molecule has 5 heteroatoms. The fourth-order valence-corrected chi connectivity index (χ4v) is 2.53. The minimum absolute atomic E-state index is 0.0533. The topological polar surface area (TPSA) is 83.3 Å². The van der Waals surface area contributed by atoms with Crippen molar-refractivity contribution in [3.05, 3.63) is 46.4 Å². The van der Waals surface area contributed by atoms with Gasteiger partial charge in [-0.25, -0.2) is 0 Å². The summed E-state index contributed by atoms with van der Waals surface area (Å²) in [5.74, 6) is 1.44. The predicted octanol–water partition coefficient (Wildman–Crippen LogP) is 1.88. The molecular weight excluding hydrogens is 278 g/mol. The van der Waals surface area contributed by atoms with Gasteiger partial charge in [0.1, 0.15) is 5.75 Å².